The number of nitrogens with one attached hydrogen (secondary N) is 2. The van der Waals surface area contributed by atoms with E-state index in [1.165, 1.54) is 12.1 Å². The molecule has 5 N–H and O–H groups in total. The van der Waals surface area contributed by atoms with Gasteiger partial charge in [-0.2, -0.15) is 13.2 Å². The topological polar surface area (TPSA) is 102 Å². The Morgan fingerprint density at radius 3 is 2.41 bits per heavy atom. The number of aromatic hydroxyl groups is 1. The van der Waals surface area contributed by atoms with Crippen LogP contribution < -0.4 is 10.6 Å². The smallest absolute Gasteiger partial charge is 0.419 e. The average molecular weight is 549 g/mol. The number of rotatable bonds is 11. The SMILES string of the molecule is CC(C)(Cc1cccc(C(=O)NCCc2ccc(C(F)(F)F)c(F)c2)c1)NC[C@H](O)c1ccc(O)c(CO)c1. The van der Waals surface area contributed by atoms with Crippen LogP contribution in [0.5, 0.6) is 5.75 Å². The maximum Gasteiger partial charge on any atom is 0.419 e. The van der Waals surface area contributed by atoms with Gasteiger partial charge in [-0.25, -0.2) is 4.39 Å². The van der Waals surface area contributed by atoms with Gasteiger partial charge in [-0.15, -0.1) is 0 Å². The van der Waals surface area contributed by atoms with Gasteiger partial charge in [-0.3, -0.25) is 4.79 Å². The summed E-state index contributed by atoms with van der Waals surface area (Å²) in [4.78, 5) is 12.6. The number of hydrogen-bond donors (Lipinski definition) is 5. The number of phenols is 1. The fraction of sp³-hybridized carbons (Fsp3) is 0.345. The Morgan fingerprint density at radius 2 is 1.74 bits per heavy atom. The van der Waals surface area contributed by atoms with Crippen molar-refractivity contribution in [2.75, 3.05) is 13.1 Å². The first-order chi connectivity index (χ1) is 18.3. The van der Waals surface area contributed by atoms with Gasteiger partial charge in [0.15, 0.2) is 0 Å². The first-order valence-corrected chi connectivity index (χ1v) is 12.4. The van der Waals surface area contributed by atoms with Gasteiger partial charge in [-0.1, -0.05) is 24.3 Å². The molecule has 3 aromatic rings. The molecule has 0 radical (unpaired) electrons. The number of aliphatic hydroxyl groups excluding tert-OH is 2. The Hall–Kier alpha value is -3.47. The van der Waals surface area contributed by atoms with E-state index < -0.39 is 29.2 Å². The molecule has 0 aliphatic rings. The largest absolute Gasteiger partial charge is 0.508 e. The van der Waals surface area contributed by atoms with Crippen molar-refractivity contribution in [1.82, 2.24) is 10.6 Å². The molecular formula is C29H32F4N2O4. The Morgan fingerprint density at radius 1 is 1.00 bits per heavy atom. The minimum absolute atomic E-state index is 0.0425. The second-order valence-electron chi connectivity index (χ2n) is 10.0. The predicted octanol–water partition coefficient (Wildman–Crippen LogP) is 4.66. The van der Waals surface area contributed by atoms with E-state index in [2.05, 4.69) is 10.6 Å². The fourth-order valence-corrected chi connectivity index (χ4v) is 4.19. The zero-order valence-electron chi connectivity index (χ0n) is 21.6. The van der Waals surface area contributed by atoms with Crippen molar-refractivity contribution >= 4 is 5.91 Å². The van der Waals surface area contributed by atoms with E-state index in [1.54, 1.807) is 30.3 Å². The van der Waals surface area contributed by atoms with Gasteiger partial charge in [0, 0.05) is 29.8 Å². The molecule has 39 heavy (non-hydrogen) atoms. The van der Waals surface area contributed by atoms with Crippen molar-refractivity contribution in [3.63, 3.8) is 0 Å². The molecule has 0 saturated carbocycles. The zero-order chi connectivity index (χ0) is 28.8. The molecule has 0 saturated heterocycles. The monoisotopic (exact) mass is 548 g/mol. The predicted molar refractivity (Wildman–Crippen MR) is 139 cm³/mol. The summed E-state index contributed by atoms with van der Waals surface area (Å²) in [5.74, 6) is -1.75. The Bertz CT molecular complexity index is 1290. The van der Waals surface area contributed by atoms with E-state index in [-0.39, 0.29) is 37.8 Å². The Labute approximate surface area is 224 Å². The average Bonchev–Trinajstić information content (AvgIpc) is 2.86. The van der Waals surface area contributed by atoms with Crippen LogP contribution in [0.15, 0.2) is 60.7 Å². The van der Waals surface area contributed by atoms with Gasteiger partial charge in [0.1, 0.15) is 11.6 Å². The molecule has 10 heteroatoms. The van der Waals surface area contributed by atoms with Crippen LogP contribution in [0.3, 0.4) is 0 Å². The van der Waals surface area contributed by atoms with Crippen molar-refractivity contribution in [3.05, 3.63) is 99.9 Å². The van der Waals surface area contributed by atoms with Gasteiger partial charge in [0.2, 0.25) is 0 Å². The highest BCUT2D eigenvalue weighted by atomic mass is 19.4. The molecule has 0 aromatic heterocycles. The molecule has 0 aliphatic carbocycles. The lowest BCUT2D eigenvalue weighted by molar-refractivity contribution is -0.140. The van der Waals surface area contributed by atoms with Crippen LogP contribution in [-0.2, 0) is 25.6 Å². The minimum atomic E-state index is -4.76. The molecule has 3 rings (SSSR count). The summed E-state index contributed by atoms with van der Waals surface area (Å²) in [7, 11) is 0. The standard InChI is InChI=1S/C29H32F4N2O4/c1-28(2,35-16-26(38)20-7-9-25(37)22(14-20)17-36)15-19-4-3-5-21(12-19)27(39)34-11-10-18-6-8-23(24(30)13-18)29(31,32)33/h3-9,12-14,26,35-38H,10-11,15-17H2,1-2H3,(H,34,39)/t26-/m0/s1. The van der Waals surface area contributed by atoms with Crippen LogP contribution in [0.4, 0.5) is 17.6 Å². The molecule has 3 aromatic carbocycles. The summed E-state index contributed by atoms with van der Waals surface area (Å²) in [6, 6.07) is 14.3. The van der Waals surface area contributed by atoms with Crippen LogP contribution in [-0.4, -0.2) is 39.9 Å². The molecular weight excluding hydrogens is 516 g/mol. The lowest BCUT2D eigenvalue weighted by Crippen LogP contribution is -2.43. The summed E-state index contributed by atoms with van der Waals surface area (Å²) in [5.41, 5.74) is 0.707. The number of benzene rings is 3. The van der Waals surface area contributed by atoms with E-state index in [4.69, 9.17) is 0 Å². The third-order valence-corrected chi connectivity index (χ3v) is 6.31. The number of β-amino-alcohol motifs (C(OH)–C–C–N with tert-alkyl or cyclic N) is 1. The summed E-state index contributed by atoms with van der Waals surface area (Å²) in [5, 5.41) is 35.6. The molecule has 0 aliphatic heterocycles. The van der Waals surface area contributed by atoms with Crippen molar-refractivity contribution < 1.29 is 37.7 Å². The molecule has 0 fully saturated rings. The maximum atomic E-state index is 13.8. The van der Waals surface area contributed by atoms with E-state index in [0.29, 0.717) is 34.7 Å². The normalized spacial score (nSPS) is 12.8. The molecule has 1 amide bonds. The summed E-state index contributed by atoms with van der Waals surface area (Å²) in [6.45, 7) is 3.89. The van der Waals surface area contributed by atoms with Gasteiger partial charge >= 0.3 is 6.18 Å². The van der Waals surface area contributed by atoms with Crippen molar-refractivity contribution in [1.29, 1.82) is 0 Å². The van der Waals surface area contributed by atoms with E-state index in [9.17, 15) is 37.7 Å². The lowest BCUT2D eigenvalue weighted by Gasteiger charge is -2.28. The van der Waals surface area contributed by atoms with Crippen LogP contribution in [0.1, 0.15) is 58.1 Å². The molecule has 0 bridgehead atoms. The minimum Gasteiger partial charge on any atom is -0.508 e. The highest BCUT2D eigenvalue weighted by molar-refractivity contribution is 5.94. The van der Waals surface area contributed by atoms with E-state index >= 15 is 0 Å². The van der Waals surface area contributed by atoms with Crippen LogP contribution >= 0.6 is 0 Å². The molecule has 1 atom stereocenters. The van der Waals surface area contributed by atoms with Gasteiger partial charge in [0.25, 0.3) is 5.91 Å². The van der Waals surface area contributed by atoms with Gasteiger partial charge in [0.05, 0.1) is 18.3 Å². The number of aliphatic hydroxyl groups is 2. The summed E-state index contributed by atoms with van der Waals surface area (Å²) >= 11 is 0. The lowest BCUT2D eigenvalue weighted by atomic mass is 9.93. The molecule has 0 spiro atoms. The number of amides is 1. The van der Waals surface area contributed by atoms with E-state index in [1.807, 2.05) is 19.9 Å². The third kappa shape index (κ3) is 8.51. The number of alkyl halides is 3. The molecule has 210 valence electrons. The van der Waals surface area contributed by atoms with Crippen molar-refractivity contribution in [2.45, 2.75) is 51.1 Å². The fourth-order valence-electron chi connectivity index (χ4n) is 4.19. The zero-order valence-corrected chi connectivity index (χ0v) is 21.6. The summed E-state index contributed by atoms with van der Waals surface area (Å²) < 4.78 is 51.9. The van der Waals surface area contributed by atoms with Crippen molar-refractivity contribution in [2.24, 2.45) is 0 Å². The first kappa shape index (κ1) is 30.1. The van der Waals surface area contributed by atoms with Crippen LogP contribution in [0.2, 0.25) is 0 Å². The number of carbonyl (C=O) groups is 1. The molecule has 0 unspecified atom stereocenters. The Balaban J connectivity index is 1.54. The number of carbonyl (C=O) groups excluding carboxylic acids is 1. The highest BCUT2D eigenvalue weighted by Crippen LogP contribution is 2.31. The number of hydrogen-bond acceptors (Lipinski definition) is 5. The second kappa shape index (κ2) is 12.6. The third-order valence-electron chi connectivity index (χ3n) is 6.31. The van der Waals surface area contributed by atoms with E-state index in [0.717, 1.165) is 11.6 Å². The van der Waals surface area contributed by atoms with Crippen LogP contribution in [0, 0.1) is 5.82 Å². The first-order valence-electron chi connectivity index (χ1n) is 12.4. The van der Waals surface area contributed by atoms with Crippen LogP contribution in [0.25, 0.3) is 0 Å². The summed E-state index contributed by atoms with van der Waals surface area (Å²) in [6.07, 6.45) is -4.93. The molecule has 6 nitrogen and oxygen atoms in total. The highest BCUT2D eigenvalue weighted by Gasteiger charge is 2.33. The van der Waals surface area contributed by atoms with Gasteiger partial charge in [-0.05, 0) is 79.8 Å². The Kier molecular flexibility index (Phi) is 9.71. The quantitative estimate of drug-likeness (QED) is 0.225. The van der Waals surface area contributed by atoms with Gasteiger partial charge < -0.3 is 26.0 Å². The maximum absolute atomic E-state index is 13.8. The van der Waals surface area contributed by atoms with Crippen molar-refractivity contribution in [3.8, 4) is 5.75 Å². The second-order valence-corrected chi connectivity index (χ2v) is 10.0. The number of halogens is 4. The molecule has 0 heterocycles.